The lowest BCUT2D eigenvalue weighted by molar-refractivity contribution is -0.132. The van der Waals surface area contributed by atoms with Crippen molar-refractivity contribution in [2.45, 2.75) is 45.5 Å². The molecule has 39 heavy (non-hydrogen) atoms. The number of halogens is 1. The van der Waals surface area contributed by atoms with Gasteiger partial charge in [-0.25, -0.2) is 4.39 Å². The molecule has 0 aliphatic carbocycles. The third-order valence-electron chi connectivity index (χ3n) is 5.62. The van der Waals surface area contributed by atoms with Gasteiger partial charge in [-0.3, -0.25) is 19.2 Å². The molecule has 206 valence electrons. The molecular weight excluding hydrogens is 511 g/mol. The van der Waals surface area contributed by atoms with E-state index >= 15 is 0 Å². The molecule has 0 bridgehead atoms. The van der Waals surface area contributed by atoms with E-state index in [1.54, 1.807) is 38.1 Å². The number of aromatic nitrogens is 1. The zero-order valence-corrected chi connectivity index (χ0v) is 21.6. The van der Waals surface area contributed by atoms with Gasteiger partial charge in [-0.2, -0.15) is 0 Å². The number of aldehydes is 1. The average molecular weight is 541 g/mol. The zero-order chi connectivity index (χ0) is 28.5. The second-order valence-electron chi connectivity index (χ2n) is 8.89. The van der Waals surface area contributed by atoms with Gasteiger partial charge in [0, 0.05) is 23.7 Å². The maximum Gasteiger partial charge on any atom is 0.274 e. The molecule has 0 aliphatic rings. The summed E-state index contributed by atoms with van der Waals surface area (Å²) in [6.07, 6.45) is -0.723. The number of carbonyl (C=O) groups is 4. The number of aliphatic hydroxyl groups is 1. The summed E-state index contributed by atoms with van der Waals surface area (Å²) < 4.78 is 24.8. The number of hydrogen-bond donors (Lipinski definition) is 4. The van der Waals surface area contributed by atoms with Crippen molar-refractivity contribution in [3.8, 4) is 5.75 Å². The molecule has 3 atom stereocenters. The number of nitrogens with one attached hydrogen (secondary N) is 3. The largest absolute Gasteiger partial charge is 0.491 e. The molecule has 3 rings (SSSR count). The minimum Gasteiger partial charge on any atom is -0.491 e. The lowest BCUT2D eigenvalue weighted by Crippen LogP contribution is -2.58. The van der Waals surface area contributed by atoms with Gasteiger partial charge in [-0.05, 0) is 44.5 Å². The van der Waals surface area contributed by atoms with Crippen molar-refractivity contribution in [2.75, 3.05) is 6.61 Å². The van der Waals surface area contributed by atoms with E-state index in [1.165, 1.54) is 31.2 Å². The third-order valence-corrected chi connectivity index (χ3v) is 5.62. The van der Waals surface area contributed by atoms with Gasteiger partial charge in [0.2, 0.25) is 11.8 Å². The molecule has 4 N–H and O–H groups in total. The van der Waals surface area contributed by atoms with Gasteiger partial charge in [0.1, 0.15) is 42.3 Å². The summed E-state index contributed by atoms with van der Waals surface area (Å²) in [7, 11) is 0. The van der Waals surface area contributed by atoms with Gasteiger partial charge >= 0.3 is 0 Å². The Kier molecular flexibility index (Phi) is 9.87. The molecule has 0 saturated heterocycles. The molecule has 2 aromatic carbocycles. The molecule has 0 saturated carbocycles. The minimum atomic E-state index is -1.46. The van der Waals surface area contributed by atoms with E-state index in [2.05, 4.69) is 21.1 Å². The monoisotopic (exact) mass is 540 g/mol. The summed E-state index contributed by atoms with van der Waals surface area (Å²) in [4.78, 5) is 49.7. The summed E-state index contributed by atoms with van der Waals surface area (Å²) in [5.41, 5.74) is 1.19. The van der Waals surface area contributed by atoms with Crippen LogP contribution in [0.3, 0.4) is 0 Å². The molecule has 0 radical (unpaired) electrons. The second-order valence-corrected chi connectivity index (χ2v) is 8.89. The van der Waals surface area contributed by atoms with Gasteiger partial charge in [0.25, 0.3) is 5.91 Å². The zero-order valence-electron chi connectivity index (χ0n) is 21.6. The van der Waals surface area contributed by atoms with E-state index < -0.39 is 41.7 Å². The predicted octanol–water partition coefficient (Wildman–Crippen LogP) is 1.60. The fraction of sp³-hybridized carbons (Fsp3) is 0.296. The predicted molar refractivity (Wildman–Crippen MR) is 136 cm³/mol. The first-order valence-corrected chi connectivity index (χ1v) is 12.0. The second kappa shape index (κ2) is 13.3. The number of aryl methyl sites for hydroxylation is 2. The van der Waals surface area contributed by atoms with Crippen molar-refractivity contribution in [2.24, 2.45) is 0 Å². The summed E-state index contributed by atoms with van der Waals surface area (Å²) in [5, 5.41) is 21.1. The van der Waals surface area contributed by atoms with Crippen LogP contribution in [-0.2, 0) is 16.1 Å². The lowest BCUT2D eigenvalue weighted by atomic mass is 10.1. The van der Waals surface area contributed by atoms with E-state index in [0.717, 1.165) is 0 Å². The normalized spacial score (nSPS) is 13.1. The Morgan fingerprint density at radius 2 is 1.87 bits per heavy atom. The van der Waals surface area contributed by atoms with Gasteiger partial charge in [-0.1, -0.05) is 29.4 Å². The van der Waals surface area contributed by atoms with Crippen LogP contribution in [0.25, 0.3) is 0 Å². The third kappa shape index (κ3) is 8.20. The van der Waals surface area contributed by atoms with Crippen molar-refractivity contribution in [3.63, 3.8) is 0 Å². The van der Waals surface area contributed by atoms with Crippen molar-refractivity contribution in [1.29, 1.82) is 0 Å². The Hall–Kier alpha value is -4.58. The molecule has 0 fully saturated rings. The first-order valence-electron chi connectivity index (χ1n) is 12.0. The Labute approximate surface area is 223 Å². The van der Waals surface area contributed by atoms with E-state index in [0.29, 0.717) is 23.2 Å². The lowest BCUT2D eigenvalue weighted by Gasteiger charge is -2.24. The van der Waals surface area contributed by atoms with Crippen molar-refractivity contribution in [1.82, 2.24) is 21.1 Å². The maximum atomic E-state index is 14.3. The van der Waals surface area contributed by atoms with Gasteiger partial charge < -0.3 is 30.3 Å². The summed E-state index contributed by atoms with van der Waals surface area (Å²) in [6.45, 7) is 4.06. The topological polar surface area (TPSA) is 160 Å². The minimum absolute atomic E-state index is 0.0984. The smallest absolute Gasteiger partial charge is 0.274 e. The van der Waals surface area contributed by atoms with Crippen LogP contribution in [0, 0.1) is 19.7 Å². The Bertz CT molecular complexity index is 1340. The fourth-order valence-electron chi connectivity index (χ4n) is 3.50. The summed E-state index contributed by atoms with van der Waals surface area (Å²) in [5.74, 6) is -2.24. The highest BCUT2D eigenvalue weighted by molar-refractivity contribution is 5.97. The highest BCUT2D eigenvalue weighted by Crippen LogP contribution is 2.13. The van der Waals surface area contributed by atoms with Crippen LogP contribution in [-0.4, -0.2) is 59.1 Å². The molecule has 12 heteroatoms. The van der Waals surface area contributed by atoms with Crippen LogP contribution in [0.15, 0.2) is 53.1 Å². The quantitative estimate of drug-likeness (QED) is 0.252. The molecule has 3 unspecified atom stereocenters. The van der Waals surface area contributed by atoms with Crippen molar-refractivity contribution < 1.29 is 37.9 Å². The van der Waals surface area contributed by atoms with E-state index in [-0.39, 0.29) is 30.2 Å². The number of aliphatic hydroxyl groups excluding tert-OH is 1. The number of carbonyl (C=O) groups excluding carboxylic acids is 4. The Morgan fingerprint density at radius 1 is 1.10 bits per heavy atom. The molecule has 11 nitrogen and oxygen atoms in total. The fourth-order valence-corrected chi connectivity index (χ4v) is 3.50. The molecule has 3 aromatic rings. The van der Waals surface area contributed by atoms with Gasteiger partial charge in [0.15, 0.2) is 5.69 Å². The number of rotatable bonds is 12. The molecule has 1 heterocycles. The van der Waals surface area contributed by atoms with Crippen LogP contribution in [0.2, 0.25) is 0 Å². The van der Waals surface area contributed by atoms with E-state index in [1.807, 2.05) is 0 Å². The SMILES string of the molecule is Cc1ccc(CNC(=O)C(COc2cccc(C=O)c2)NC(=O)C(NC(=O)c2cc(C)on2)C(C)O)c(F)c1. The van der Waals surface area contributed by atoms with Crippen molar-refractivity contribution in [3.05, 3.63) is 82.5 Å². The van der Waals surface area contributed by atoms with Gasteiger partial charge in [0.05, 0.1) is 6.10 Å². The summed E-state index contributed by atoms with van der Waals surface area (Å²) >= 11 is 0. The standard InChI is InChI=1S/C27H29FN4O7/c1-15-7-8-19(21(28)9-15)12-29-25(35)23(14-38-20-6-4-5-18(11-20)13-33)30-27(37)24(17(3)34)31-26(36)22-10-16(2)39-32-22/h4-11,13,17,23-24,34H,12,14H2,1-3H3,(H,29,35)(H,30,37)(H,31,36). The molecule has 1 aromatic heterocycles. The highest BCUT2D eigenvalue weighted by Gasteiger charge is 2.31. The molecule has 3 amide bonds. The van der Waals surface area contributed by atoms with Gasteiger partial charge in [-0.15, -0.1) is 0 Å². The molecule has 0 aliphatic heterocycles. The number of hydrogen-bond acceptors (Lipinski definition) is 8. The van der Waals surface area contributed by atoms with Crippen LogP contribution >= 0.6 is 0 Å². The van der Waals surface area contributed by atoms with Crippen LogP contribution in [0.4, 0.5) is 4.39 Å². The molecular formula is C27H29FN4O7. The van der Waals surface area contributed by atoms with E-state index in [9.17, 15) is 28.7 Å². The first kappa shape index (κ1) is 29.0. The Balaban J connectivity index is 1.75. The number of ether oxygens (including phenoxy) is 1. The number of nitrogens with zero attached hydrogens (tertiary/aromatic N) is 1. The van der Waals surface area contributed by atoms with E-state index in [4.69, 9.17) is 9.26 Å². The average Bonchev–Trinajstić information content (AvgIpc) is 3.35. The number of amides is 3. The molecule has 0 spiro atoms. The van der Waals surface area contributed by atoms with Crippen LogP contribution in [0.5, 0.6) is 5.75 Å². The highest BCUT2D eigenvalue weighted by atomic mass is 19.1. The first-order chi connectivity index (χ1) is 18.6. The summed E-state index contributed by atoms with van der Waals surface area (Å²) in [6, 6.07) is 9.28. The maximum absolute atomic E-state index is 14.3. The van der Waals surface area contributed by atoms with Crippen molar-refractivity contribution >= 4 is 24.0 Å². The van der Waals surface area contributed by atoms with Crippen LogP contribution in [0.1, 0.15) is 44.7 Å². The van der Waals surface area contributed by atoms with Crippen LogP contribution < -0.4 is 20.7 Å². The Morgan fingerprint density at radius 3 is 2.51 bits per heavy atom. The number of benzene rings is 2.